The molecule has 0 aromatic heterocycles. The fourth-order valence-corrected chi connectivity index (χ4v) is 0.481. The smallest absolute Gasteiger partial charge is 0.256 e. The van der Waals surface area contributed by atoms with Crippen molar-refractivity contribution in [1.29, 1.82) is 0 Å². The average Bonchev–Trinajstić information content (AvgIpc) is 1.91. The topological polar surface area (TPSA) is 24.8 Å². The highest BCUT2D eigenvalue weighted by Gasteiger charge is 2.12. The van der Waals surface area contributed by atoms with Crippen molar-refractivity contribution in [3.63, 3.8) is 0 Å². The highest BCUT2D eigenvalue weighted by atomic mass is 79.9. The highest BCUT2D eigenvalue weighted by molar-refractivity contribution is 9.09. The molecule has 1 aliphatic heterocycles. The molecule has 0 aromatic carbocycles. The molecule has 0 N–H and O–H groups in total. The van der Waals surface area contributed by atoms with Crippen LogP contribution >= 0.6 is 15.9 Å². The summed E-state index contributed by atoms with van der Waals surface area (Å²) in [7, 11) is 1.87. The van der Waals surface area contributed by atoms with Gasteiger partial charge in [-0.3, -0.25) is 0 Å². The van der Waals surface area contributed by atoms with Crippen LogP contribution in [0.2, 0.25) is 0 Å². The lowest BCUT2D eigenvalue weighted by molar-refractivity contribution is 0.0958. The minimum atomic E-state index is -0.0625. The summed E-state index contributed by atoms with van der Waals surface area (Å²) in [5.74, 6) is 0. The second-order valence-electron chi connectivity index (χ2n) is 1.28. The van der Waals surface area contributed by atoms with Gasteiger partial charge in [0.2, 0.25) is 0 Å². The van der Waals surface area contributed by atoms with Crippen LogP contribution in [0.3, 0.4) is 0 Å². The van der Waals surface area contributed by atoms with Gasteiger partial charge in [0, 0.05) is 7.05 Å². The molecule has 0 saturated heterocycles. The minimum absolute atomic E-state index is 0.0625. The van der Waals surface area contributed by atoms with E-state index < -0.39 is 0 Å². The van der Waals surface area contributed by atoms with Gasteiger partial charge in [0.25, 0.3) is 5.14 Å². The van der Waals surface area contributed by atoms with Crippen LogP contribution < -0.4 is 0 Å². The van der Waals surface area contributed by atoms with E-state index in [-0.39, 0.29) is 5.14 Å². The highest BCUT2D eigenvalue weighted by Crippen LogP contribution is 2.09. The summed E-state index contributed by atoms with van der Waals surface area (Å²) in [6.07, 6.45) is 1.61. The third kappa shape index (κ3) is 0.851. The zero-order valence-corrected chi connectivity index (χ0v) is 5.42. The van der Waals surface area contributed by atoms with Crippen molar-refractivity contribution in [3.8, 4) is 0 Å². The Hall–Kier alpha value is -0.250. The number of nitrogens with zero attached hydrogens (tertiary/aromatic N) is 2. The first-order valence-corrected chi connectivity index (χ1v) is 2.77. The number of alkyl halides is 1. The number of halogens is 1. The molecule has 0 fully saturated rings. The third-order valence-corrected chi connectivity index (χ3v) is 1.51. The summed E-state index contributed by atoms with van der Waals surface area (Å²) in [6, 6.07) is 0. The molecule has 3 nitrogen and oxygen atoms in total. The monoisotopic (exact) mass is 164 g/mol. The third-order valence-electron chi connectivity index (χ3n) is 0.697. The first kappa shape index (κ1) is 4.90. The van der Waals surface area contributed by atoms with E-state index in [9.17, 15) is 0 Å². The molecule has 4 heteroatoms. The van der Waals surface area contributed by atoms with Crippen LogP contribution in [0, 0.1) is 0 Å². The molecule has 40 valence electrons. The van der Waals surface area contributed by atoms with Crippen LogP contribution in [-0.4, -0.2) is 23.4 Å². The Bertz CT molecular complexity index is 94.9. The molecule has 0 aliphatic carbocycles. The Morgan fingerprint density at radius 2 is 2.71 bits per heavy atom. The Balaban J connectivity index is 2.45. The Morgan fingerprint density at radius 3 is 2.86 bits per heavy atom. The largest absolute Gasteiger partial charge is 0.357 e. The van der Waals surface area contributed by atoms with Crippen LogP contribution in [0.15, 0.2) is 5.16 Å². The zero-order chi connectivity index (χ0) is 5.28. The predicted molar refractivity (Wildman–Crippen MR) is 30.1 cm³/mol. The van der Waals surface area contributed by atoms with Crippen molar-refractivity contribution in [2.24, 2.45) is 5.16 Å². The van der Waals surface area contributed by atoms with E-state index in [4.69, 9.17) is 0 Å². The maximum absolute atomic E-state index is 4.68. The van der Waals surface area contributed by atoms with Gasteiger partial charge in [-0.05, 0) is 15.9 Å². The number of hydrogen-bond acceptors (Lipinski definition) is 3. The van der Waals surface area contributed by atoms with Crippen molar-refractivity contribution < 1.29 is 4.84 Å². The maximum Gasteiger partial charge on any atom is 0.256 e. The van der Waals surface area contributed by atoms with Gasteiger partial charge in [0.15, 0.2) is 0 Å². The van der Waals surface area contributed by atoms with Crippen LogP contribution in [0.25, 0.3) is 0 Å². The summed E-state index contributed by atoms with van der Waals surface area (Å²) in [6.45, 7) is 0. The maximum atomic E-state index is 4.68. The molecule has 0 radical (unpaired) electrons. The van der Waals surface area contributed by atoms with Gasteiger partial charge >= 0.3 is 0 Å². The molecular formula is C3H5BrN2O. The first-order chi connectivity index (χ1) is 3.30. The zero-order valence-electron chi connectivity index (χ0n) is 3.84. The van der Waals surface area contributed by atoms with Crippen molar-refractivity contribution in [2.45, 2.75) is 5.14 Å². The lowest BCUT2D eigenvalue weighted by atomic mass is 10.9. The lowest BCUT2D eigenvalue weighted by Gasteiger charge is -2.07. The van der Waals surface area contributed by atoms with Crippen LogP contribution in [0.1, 0.15) is 0 Å². The van der Waals surface area contributed by atoms with Gasteiger partial charge in [-0.25, -0.2) is 0 Å². The second-order valence-corrected chi connectivity index (χ2v) is 2.07. The van der Waals surface area contributed by atoms with Crippen molar-refractivity contribution in [1.82, 2.24) is 4.90 Å². The van der Waals surface area contributed by atoms with E-state index in [1.165, 1.54) is 0 Å². The quantitative estimate of drug-likeness (QED) is 0.387. The molecule has 0 saturated carbocycles. The summed E-state index contributed by atoms with van der Waals surface area (Å²) < 4.78 is 0. The van der Waals surface area contributed by atoms with E-state index in [1.54, 1.807) is 11.2 Å². The molecule has 1 aliphatic rings. The van der Waals surface area contributed by atoms with Crippen molar-refractivity contribution in [3.05, 3.63) is 0 Å². The summed E-state index contributed by atoms with van der Waals surface area (Å²) >= 11 is 3.18. The molecule has 7 heavy (non-hydrogen) atoms. The Kier molecular flexibility index (Phi) is 1.19. The number of oxime groups is 1. The molecule has 0 bridgehead atoms. The van der Waals surface area contributed by atoms with E-state index in [0.29, 0.717) is 0 Å². The van der Waals surface area contributed by atoms with Crippen LogP contribution in [0.4, 0.5) is 0 Å². The summed E-state index contributed by atoms with van der Waals surface area (Å²) in [5, 5.41) is 3.44. The van der Waals surface area contributed by atoms with Crippen LogP contribution in [0.5, 0.6) is 0 Å². The molecule has 0 spiro atoms. The molecule has 1 rings (SSSR count). The lowest BCUT2D eigenvalue weighted by Crippen LogP contribution is -2.19. The molecule has 0 amide bonds. The molecule has 1 unspecified atom stereocenters. The first-order valence-electron chi connectivity index (χ1n) is 1.86. The van der Waals surface area contributed by atoms with Crippen molar-refractivity contribution in [2.75, 3.05) is 7.05 Å². The summed E-state index contributed by atoms with van der Waals surface area (Å²) in [4.78, 5) is 6.48. The van der Waals surface area contributed by atoms with E-state index in [1.807, 2.05) is 7.05 Å². The van der Waals surface area contributed by atoms with Gasteiger partial charge in [0.1, 0.15) is 6.34 Å². The van der Waals surface area contributed by atoms with Gasteiger partial charge in [0.05, 0.1) is 0 Å². The second kappa shape index (κ2) is 1.69. The predicted octanol–water partition coefficient (Wildman–Crippen LogP) is 0.570. The fraction of sp³-hybridized carbons (Fsp3) is 0.667. The molecule has 0 aromatic rings. The minimum Gasteiger partial charge on any atom is -0.357 e. The van der Waals surface area contributed by atoms with Crippen molar-refractivity contribution >= 4 is 22.3 Å². The molecular weight excluding hydrogens is 160 g/mol. The Labute approximate surface area is 50.1 Å². The average molecular weight is 165 g/mol. The Morgan fingerprint density at radius 1 is 2.00 bits per heavy atom. The molecule has 1 atom stereocenters. The SMILES string of the molecule is CN1C=NOC1Br. The number of hydrogen-bond donors (Lipinski definition) is 0. The van der Waals surface area contributed by atoms with Gasteiger partial charge in [-0.1, -0.05) is 5.16 Å². The van der Waals surface area contributed by atoms with E-state index in [0.717, 1.165) is 0 Å². The van der Waals surface area contributed by atoms with E-state index >= 15 is 0 Å². The van der Waals surface area contributed by atoms with Gasteiger partial charge < -0.3 is 9.74 Å². The van der Waals surface area contributed by atoms with Gasteiger partial charge in [-0.15, -0.1) is 0 Å². The normalized spacial score (nSPS) is 28.3. The standard InChI is InChI=1S/C3H5BrN2O/c1-6-2-5-7-3(6)4/h2-3H,1H3. The molecule has 1 heterocycles. The van der Waals surface area contributed by atoms with E-state index in [2.05, 4.69) is 25.9 Å². The fourth-order valence-electron chi connectivity index (χ4n) is 0.279. The van der Waals surface area contributed by atoms with Gasteiger partial charge in [-0.2, -0.15) is 0 Å². The summed E-state index contributed by atoms with van der Waals surface area (Å²) in [5.41, 5.74) is 0. The van der Waals surface area contributed by atoms with Crippen LogP contribution in [-0.2, 0) is 4.84 Å². The number of rotatable bonds is 0.